The van der Waals surface area contributed by atoms with Crippen LogP contribution >= 0.6 is 0 Å². The number of likely N-dealkylation sites (tertiary alicyclic amines) is 1. The van der Waals surface area contributed by atoms with Crippen LogP contribution in [0, 0.1) is 0 Å². The first-order valence-electron chi connectivity index (χ1n) is 6.27. The van der Waals surface area contributed by atoms with Gasteiger partial charge in [-0.3, -0.25) is 14.5 Å². The molecule has 18 heavy (non-hydrogen) atoms. The van der Waals surface area contributed by atoms with Crippen LogP contribution in [0.1, 0.15) is 24.8 Å². The molecule has 1 fully saturated rings. The van der Waals surface area contributed by atoms with Crippen molar-refractivity contribution in [2.45, 2.75) is 31.8 Å². The maximum Gasteiger partial charge on any atom is 0.250 e. The van der Waals surface area contributed by atoms with E-state index in [0.717, 1.165) is 31.4 Å². The summed E-state index contributed by atoms with van der Waals surface area (Å²) in [7, 11) is 1.72. The van der Waals surface area contributed by atoms with Gasteiger partial charge in [-0.25, -0.2) is 0 Å². The molecule has 1 atom stereocenters. The first kappa shape index (κ1) is 12.8. The standard InChI is InChI=1S/C13H19N3O2/c1-15-7-5-10(8-12(15)17)9-16-6-3-2-4-11(16)13(14)18/h5,7-8,11H,2-4,6,9H2,1H3,(H2,14,18)/t11-/m0/s1. The molecule has 0 bridgehead atoms. The smallest absolute Gasteiger partial charge is 0.250 e. The first-order valence-corrected chi connectivity index (χ1v) is 6.27. The average Bonchev–Trinajstić information content (AvgIpc) is 2.34. The minimum absolute atomic E-state index is 0.0277. The van der Waals surface area contributed by atoms with E-state index in [2.05, 4.69) is 4.90 Å². The third kappa shape index (κ3) is 2.79. The van der Waals surface area contributed by atoms with Gasteiger partial charge >= 0.3 is 0 Å². The van der Waals surface area contributed by atoms with Crippen LogP contribution in [0.25, 0.3) is 0 Å². The zero-order chi connectivity index (χ0) is 13.1. The van der Waals surface area contributed by atoms with Gasteiger partial charge in [0.05, 0.1) is 6.04 Å². The number of aromatic nitrogens is 1. The summed E-state index contributed by atoms with van der Waals surface area (Å²) in [5.41, 5.74) is 6.33. The Balaban J connectivity index is 2.13. The van der Waals surface area contributed by atoms with Crippen LogP contribution in [0.2, 0.25) is 0 Å². The van der Waals surface area contributed by atoms with Crippen molar-refractivity contribution >= 4 is 5.91 Å². The summed E-state index contributed by atoms with van der Waals surface area (Å²) in [5.74, 6) is -0.265. The predicted molar refractivity (Wildman–Crippen MR) is 68.9 cm³/mol. The van der Waals surface area contributed by atoms with Crippen LogP contribution in [0.5, 0.6) is 0 Å². The molecule has 2 N–H and O–H groups in total. The Hall–Kier alpha value is -1.62. The third-order valence-corrected chi connectivity index (χ3v) is 3.50. The van der Waals surface area contributed by atoms with E-state index in [1.807, 2.05) is 6.07 Å². The van der Waals surface area contributed by atoms with Crippen LogP contribution in [0.4, 0.5) is 0 Å². The van der Waals surface area contributed by atoms with Gasteiger partial charge in [0.2, 0.25) is 5.91 Å². The summed E-state index contributed by atoms with van der Waals surface area (Å²) in [6.07, 6.45) is 4.69. The second-order valence-electron chi connectivity index (χ2n) is 4.87. The van der Waals surface area contributed by atoms with Crippen LogP contribution in [0.3, 0.4) is 0 Å². The molecule has 2 heterocycles. The van der Waals surface area contributed by atoms with Crippen LogP contribution in [-0.4, -0.2) is 28.0 Å². The molecular weight excluding hydrogens is 230 g/mol. The number of carbonyl (C=O) groups is 1. The van der Waals surface area contributed by atoms with Gasteiger partial charge in [-0.1, -0.05) is 6.42 Å². The molecule has 1 saturated heterocycles. The fraction of sp³-hybridized carbons (Fsp3) is 0.538. The summed E-state index contributed by atoms with van der Waals surface area (Å²) >= 11 is 0. The summed E-state index contributed by atoms with van der Waals surface area (Å²) in [5, 5.41) is 0. The zero-order valence-corrected chi connectivity index (χ0v) is 10.6. The highest BCUT2D eigenvalue weighted by Crippen LogP contribution is 2.18. The predicted octanol–water partition coefficient (Wildman–Crippen LogP) is 0.225. The summed E-state index contributed by atoms with van der Waals surface area (Å²) in [6, 6.07) is 3.34. The maximum atomic E-state index is 11.5. The van der Waals surface area contributed by atoms with Crippen LogP contribution in [-0.2, 0) is 18.4 Å². The molecule has 5 heteroatoms. The van der Waals surface area contributed by atoms with E-state index in [0.29, 0.717) is 6.54 Å². The molecule has 1 aliphatic rings. The number of hydrogen-bond donors (Lipinski definition) is 1. The topological polar surface area (TPSA) is 68.3 Å². The van der Waals surface area contributed by atoms with E-state index in [9.17, 15) is 9.59 Å². The number of aryl methyl sites for hydroxylation is 1. The van der Waals surface area contributed by atoms with E-state index in [1.54, 1.807) is 19.3 Å². The minimum atomic E-state index is -0.265. The Morgan fingerprint density at radius 3 is 2.94 bits per heavy atom. The fourth-order valence-corrected chi connectivity index (χ4v) is 2.42. The lowest BCUT2D eigenvalue weighted by molar-refractivity contribution is -0.124. The second-order valence-corrected chi connectivity index (χ2v) is 4.87. The lowest BCUT2D eigenvalue weighted by Crippen LogP contribution is -2.47. The van der Waals surface area contributed by atoms with Gasteiger partial charge in [0, 0.05) is 25.9 Å². The first-order chi connectivity index (χ1) is 8.58. The number of amides is 1. The molecule has 0 aromatic carbocycles. The molecular formula is C13H19N3O2. The highest BCUT2D eigenvalue weighted by Gasteiger charge is 2.26. The van der Waals surface area contributed by atoms with E-state index < -0.39 is 0 Å². The molecule has 5 nitrogen and oxygen atoms in total. The lowest BCUT2D eigenvalue weighted by Gasteiger charge is -2.33. The molecule has 2 rings (SSSR count). The largest absolute Gasteiger partial charge is 0.368 e. The highest BCUT2D eigenvalue weighted by atomic mass is 16.1. The number of pyridine rings is 1. The third-order valence-electron chi connectivity index (χ3n) is 3.50. The van der Waals surface area contributed by atoms with Gasteiger partial charge in [-0.15, -0.1) is 0 Å². The lowest BCUT2D eigenvalue weighted by atomic mass is 10.0. The Bertz CT molecular complexity index is 495. The number of hydrogen-bond acceptors (Lipinski definition) is 3. The van der Waals surface area contributed by atoms with Crippen molar-refractivity contribution in [1.82, 2.24) is 9.47 Å². The van der Waals surface area contributed by atoms with Crippen LogP contribution in [0.15, 0.2) is 23.1 Å². The van der Waals surface area contributed by atoms with Crippen molar-refractivity contribution < 1.29 is 4.79 Å². The quantitative estimate of drug-likeness (QED) is 0.833. The molecule has 1 aromatic heterocycles. The molecule has 1 aliphatic heterocycles. The van der Waals surface area contributed by atoms with Crippen LogP contribution < -0.4 is 11.3 Å². The Morgan fingerprint density at radius 2 is 2.28 bits per heavy atom. The van der Waals surface area contributed by atoms with E-state index in [4.69, 9.17) is 5.73 Å². The zero-order valence-electron chi connectivity index (χ0n) is 10.6. The minimum Gasteiger partial charge on any atom is -0.368 e. The van der Waals surface area contributed by atoms with E-state index in [-0.39, 0.29) is 17.5 Å². The molecule has 1 amide bonds. The summed E-state index contributed by atoms with van der Waals surface area (Å²) < 4.78 is 1.53. The number of nitrogens with two attached hydrogens (primary N) is 1. The average molecular weight is 249 g/mol. The normalized spacial score (nSPS) is 20.8. The Labute approximate surface area is 106 Å². The summed E-state index contributed by atoms with van der Waals surface area (Å²) in [4.78, 5) is 25.0. The van der Waals surface area contributed by atoms with Crippen molar-refractivity contribution in [1.29, 1.82) is 0 Å². The number of nitrogens with zero attached hydrogens (tertiary/aromatic N) is 2. The molecule has 1 aromatic rings. The number of primary amides is 1. The van der Waals surface area contributed by atoms with Crippen molar-refractivity contribution in [3.63, 3.8) is 0 Å². The number of carbonyl (C=O) groups excluding carboxylic acids is 1. The molecule has 0 radical (unpaired) electrons. The van der Waals surface area contributed by atoms with Crippen molar-refractivity contribution in [2.24, 2.45) is 12.8 Å². The SMILES string of the molecule is Cn1ccc(CN2CCCC[C@H]2C(N)=O)cc1=O. The highest BCUT2D eigenvalue weighted by molar-refractivity contribution is 5.79. The molecule has 0 aliphatic carbocycles. The second kappa shape index (κ2) is 5.35. The Kier molecular flexibility index (Phi) is 3.81. The Morgan fingerprint density at radius 1 is 1.50 bits per heavy atom. The maximum absolute atomic E-state index is 11.5. The monoisotopic (exact) mass is 249 g/mol. The van der Waals surface area contributed by atoms with Gasteiger partial charge < -0.3 is 10.3 Å². The van der Waals surface area contributed by atoms with Gasteiger partial charge in [-0.2, -0.15) is 0 Å². The van der Waals surface area contributed by atoms with Crippen molar-refractivity contribution in [3.8, 4) is 0 Å². The molecule has 0 unspecified atom stereocenters. The van der Waals surface area contributed by atoms with Gasteiger partial charge in [-0.05, 0) is 31.0 Å². The fourth-order valence-electron chi connectivity index (χ4n) is 2.42. The van der Waals surface area contributed by atoms with Gasteiger partial charge in [0.25, 0.3) is 5.56 Å². The van der Waals surface area contributed by atoms with Crippen molar-refractivity contribution in [3.05, 3.63) is 34.2 Å². The molecule has 98 valence electrons. The molecule has 0 spiro atoms. The van der Waals surface area contributed by atoms with E-state index >= 15 is 0 Å². The number of rotatable bonds is 3. The van der Waals surface area contributed by atoms with Gasteiger partial charge in [0.1, 0.15) is 0 Å². The van der Waals surface area contributed by atoms with Crippen molar-refractivity contribution in [2.75, 3.05) is 6.54 Å². The summed E-state index contributed by atoms with van der Waals surface area (Å²) in [6.45, 7) is 1.48. The number of piperidine rings is 1. The van der Waals surface area contributed by atoms with E-state index in [1.165, 1.54) is 4.57 Å². The molecule has 0 saturated carbocycles. The van der Waals surface area contributed by atoms with Gasteiger partial charge in [0.15, 0.2) is 0 Å².